The molecule has 0 amide bonds. The highest BCUT2D eigenvalue weighted by molar-refractivity contribution is 7.50. The van der Waals surface area contributed by atoms with Crippen LogP contribution in [0.2, 0.25) is 0 Å². The van der Waals surface area contributed by atoms with Gasteiger partial charge in [-0.1, -0.05) is 12.8 Å². The molecule has 1 aliphatic rings. The lowest BCUT2D eigenvalue weighted by molar-refractivity contribution is 0.223. The topological polar surface area (TPSA) is 36.3 Å². The Bertz CT molecular complexity index is 274. The fourth-order valence-electron chi connectivity index (χ4n) is 2.87. The maximum absolute atomic E-state index is 8.84. The second-order valence-corrected chi connectivity index (χ2v) is 7.87. The van der Waals surface area contributed by atoms with E-state index in [1.165, 1.54) is 25.7 Å². The van der Waals surface area contributed by atoms with Crippen molar-refractivity contribution in [3.05, 3.63) is 0 Å². The maximum atomic E-state index is 8.84. The Morgan fingerprint density at radius 1 is 1.21 bits per heavy atom. The second kappa shape index (κ2) is 8.90. The summed E-state index contributed by atoms with van der Waals surface area (Å²) in [7, 11) is -0.614. The predicted octanol–water partition coefficient (Wildman–Crippen LogP) is 4.54. The maximum Gasteiger partial charge on any atom is 0.105 e. The van der Waals surface area contributed by atoms with Crippen molar-refractivity contribution in [3.63, 3.8) is 0 Å². The molecule has 1 rings (SSSR count). The van der Waals surface area contributed by atoms with E-state index >= 15 is 0 Å². The van der Waals surface area contributed by atoms with E-state index in [2.05, 4.69) is 38.4 Å². The van der Waals surface area contributed by atoms with Crippen LogP contribution in [-0.4, -0.2) is 29.5 Å². The fraction of sp³-hybridized carbons (Fsp3) is 0.933. The zero-order valence-electron chi connectivity index (χ0n) is 12.9. The zero-order valence-corrected chi connectivity index (χ0v) is 13.8. The van der Waals surface area contributed by atoms with E-state index < -0.39 is 8.30 Å². The molecule has 1 unspecified atom stereocenters. The summed E-state index contributed by atoms with van der Waals surface area (Å²) in [6.07, 6.45) is 6.86. The normalized spacial score (nSPS) is 18.4. The van der Waals surface area contributed by atoms with Gasteiger partial charge in [-0.2, -0.15) is 5.26 Å². The summed E-state index contributed by atoms with van der Waals surface area (Å²) < 4.78 is 8.71. The van der Waals surface area contributed by atoms with Crippen molar-refractivity contribution in [1.82, 2.24) is 4.67 Å². The largest absolute Gasteiger partial charge is 0.343 e. The monoisotopic (exact) mass is 284 g/mol. The lowest BCUT2D eigenvalue weighted by Crippen LogP contribution is -2.34. The average Bonchev–Trinajstić information content (AvgIpc) is 2.84. The Balaban J connectivity index is 2.55. The molecule has 110 valence electrons. The van der Waals surface area contributed by atoms with Crippen LogP contribution in [0.5, 0.6) is 0 Å². The number of nitrogens with zero attached hydrogens (tertiary/aromatic N) is 2. The molecule has 1 aliphatic carbocycles. The van der Waals surface area contributed by atoms with Gasteiger partial charge in [0.25, 0.3) is 0 Å². The van der Waals surface area contributed by atoms with Crippen LogP contribution in [0.15, 0.2) is 0 Å². The highest BCUT2D eigenvalue weighted by Crippen LogP contribution is 2.46. The SMILES string of the molecule is CC(C)N(C(C)C)P(CCC#N)OCC1CCCC1. The van der Waals surface area contributed by atoms with E-state index in [4.69, 9.17) is 9.79 Å². The zero-order chi connectivity index (χ0) is 14.3. The van der Waals surface area contributed by atoms with Crippen molar-refractivity contribution >= 4 is 8.30 Å². The van der Waals surface area contributed by atoms with Crippen molar-refractivity contribution in [3.8, 4) is 6.07 Å². The van der Waals surface area contributed by atoms with E-state index in [0.29, 0.717) is 18.5 Å². The van der Waals surface area contributed by atoms with Crippen molar-refractivity contribution in [1.29, 1.82) is 5.26 Å². The number of hydrogen-bond donors (Lipinski definition) is 0. The van der Waals surface area contributed by atoms with Gasteiger partial charge in [-0.3, -0.25) is 4.67 Å². The molecule has 1 fully saturated rings. The van der Waals surface area contributed by atoms with Crippen LogP contribution < -0.4 is 0 Å². The van der Waals surface area contributed by atoms with E-state index in [9.17, 15) is 0 Å². The summed E-state index contributed by atoms with van der Waals surface area (Å²) in [6, 6.07) is 3.23. The molecule has 0 heterocycles. The highest BCUT2D eigenvalue weighted by Gasteiger charge is 2.26. The van der Waals surface area contributed by atoms with Gasteiger partial charge >= 0.3 is 0 Å². The summed E-state index contributed by atoms with van der Waals surface area (Å²) in [5, 5.41) is 8.84. The Kier molecular flexibility index (Phi) is 7.91. The standard InChI is InChI=1S/C15H29N2OP/c1-13(2)17(14(3)4)19(11-7-10-16)18-12-15-8-5-6-9-15/h13-15H,5-9,11-12H2,1-4H3. The van der Waals surface area contributed by atoms with Crippen LogP contribution in [0.4, 0.5) is 0 Å². The molecule has 4 heteroatoms. The van der Waals surface area contributed by atoms with E-state index in [0.717, 1.165) is 18.7 Å². The van der Waals surface area contributed by atoms with E-state index in [1.54, 1.807) is 0 Å². The molecular formula is C15H29N2OP. The summed E-state index contributed by atoms with van der Waals surface area (Å²) in [4.78, 5) is 0. The lowest BCUT2D eigenvalue weighted by Gasteiger charge is -2.37. The second-order valence-electron chi connectivity index (χ2n) is 6.00. The van der Waals surface area contributed by atoms with Gasteiger partial charge in [0.2, 0.25) is 0 Å². The molecule has 0 aromatic carbocycles. The van der Waals surface area contributed by atoms with Crippen molar-refractivity contribution < 1.29 is 4.52 Å². The first-order valence-electron chi connectivity index (χ1n) is 7.62. The van der Waals surface area contributed by atoms with Crippen molar-refractivity contribution in [2.45, 2.75) is 71.9 Å². The van der Waals surface area contributed by atoms with Crippen LogP contribution >= 0.6 is 8.30 Å². The molecule has 0 spiro atoms. The minimum atomic E-state index is -0.614. The molecule has 3 nitrogen and oxygen atoms in total. The van der Waals surface area contributed by atoms with Gasteiger partial charge < -0.3 is 4.52 Å². The van der Waals surface area contributed by atoms with Gasteiger partial charge in [-0.15, -0.1) is 0 Å². The van der Waals surface area contributed by atoms with Gasteiger partial charge in [0.15, 0.2) is 0 Å². The Morgan fingerprint density at radius 3 is 2.26 bits per heavy atom. The molecule has 19 heavy (non-hydrogen) atoms. The van der Waals surface area contributed by atoms with Crippen LogP contribution in [0.3, 0.4) is 0 Å². The van der Waals surface area contributed by atoms with E-state index in [1.807, 2.05) is 0 Å². The minimum absolute atomic E-state index is 0.480. The Morgan fingerprint density at radius 2 is 1.79 bits per heavy atom. The van der Waals surface area contributed by atoms with Gasteiger partial charge in [0, 0.05) is 24.7 Å². The molecule has 1 atom stereocenters. The quantitative estimate of drug-likeness (QED) is 0.614. The number of nitriles is 1. The first-order valence-corrected chi connectivity index (χ1v) is 9.01. The first kappa shape index (κ1) is 16.9. The van der Waals surface area contributed by atoms with Gasteiger partial charge in [-0.05, 0) is 46.5 Å². The first-order chi connectivity index (χ1) is 9.06. The molecule has 1 saturated carbocycles. The number of hydrogen-bond acceptors (Lipinski definition) is 3. The van der Waals surface area contributed by atoms with Crippen LogP contribution in [-0.2, 0) is 4.52 Å². The number of rotatable bonds is 8. The van der Waals surface area contributed by atoms with Gasteiger partial charge in [-0.25, -0.2) is 0 Å². The molecule has 0 aliphatic heterocycles. The van der Waals surface area contributed by atoms with E-state index in [-0.39, 0.29) is 0 Å². The average molecular weight is 284 g/mol. The van der Waals surface area contributed by atoms with Crippen LogP contribution in [0, 0.1) is 17.2 Å². The molecule has 0 aromatic rings. The third kappa shape index (κ3) is 5.78. The third-order valence-corrected chi connectivity index (χ3v) is 6.16. The summed E-state index contributed by atoms with van der Waals surface area (Å²) in [5.41, 5.74) is 0. The predicted molar refractivity (Wildman–Crippen MR) is 82.0 cm³/mol. The van der Waals surface area contributed by atoms with Crippen molar-refractivity contribution in [2.75, 3.05) is 12.8 Å². The Hall–Kier alpha value is -0.160. The lowest BCUT2D eigenvalue weighted by atomic mass is 10.1. The molecule has 0 bridgehead atoms. The minimum Gasteiger partial charge on any atom is -0.343 e. The molecule has 0 saturated heterocycles. The molecular weight excluding hydrogens is 255 g/mol. The van der Waals surface area contributed by atoms with Gasteiger partial charge in [0.1, 0.15) is 8.30 Å². The Labute approximate surface area is 120 Å². The third-order valence-electron chi connectivity index (χ3n) is 3.66. The fourth-order valence-corrected chi connectivity index (χ4v) is 5.07. The molecule has 0 aromatic heterocycles. The summed E-state index contributed by atoms with van der Waals surface area (Å²) >= 11 is 0. The smallest absolute Gasteiger partial charge is 0.105 e. The summed E-state index contributed by atoms with van der Waals surface area (Å²) in [5.74, 6) is 0.758. The molecule has 0 N–H and O–H groups in total. The molecule has 0 radical (unpaired) electrons. The summed E-state index contributed by atoms with van der Waals surface area (Å²) in [6.45, 7) is 9.79. The van der Waals surface area contributed by atoms with Gasteiger partial charge in [0.05, 0.1) is 12.7 Å². The van der Waals surface area contributed by atoms with Crippen molar-refractivity contribution in [2.24, 2.45) is 5.92 Å². The highest BCUT2D eigenvalue weighted by atomic mass is 31.2. The van der Waals surface area contributed by atoms with Crippen LogP contribution in [0.25, 0.3) is 0 Å². The van der Waals surface area contributed by atoms with Crippen LogP contribution in [0.1, 0.15) is 59.8 Å².